The maximum Gasteiger partial charge on any atom is 0.326 e. The van der Waals surface area contributed by atoms with E-state index in [0.29, 0.717) is 37.7 Å². The van der Waals surface area contributed by atoms with Gasteiger partial charge in [-0.05, 0) is 54.5 Å². The number of carbonyl (C=O) groups is 3. The Hall–Kier alpha value is -3.40. The zero-order valence-electron chi connectivity index (χ0n) is 22.5. The summed E-state index contributed by atoms with van der Waals surface area (Å²) in [6.07, 6.45) is 3.12. The Kier molecular flexibility index (Phi) is 8.16. The topological polar surface area (TPSA) is 101 Å². The van der Waals surface area contributed by atoms with Gasteiger partial charge in [-0.25, -0.2) is 4.79 Å². The summed E-state index contributed by atoms with van der Waals surface area (Å²) >= 11 is 0. The van der Waals surface area contributed by atoms with Crippen LogP contribution in [0.4, 0.5) is 4.79 Å². The van der Waals surface area contributed by atoms with E-state index in [4.69, 9.17) is 14.6 Å². The van der Waals surface area contributed by atoms with E-state index in [2.05, 4.69) is 4.57 Å². The molecule has 0 unspecified atom stereocenters. The second kappa shape index (κ2) is 11.6. The molecule has 2 fully saturated rings. The first-order valence-corrected chi connectivity index (χ1v) is 13.6. The molecule has 1 aromatic heterocycles. The number of imide groups is 1. The Labute approximate surface area is 239 Å². The van der Waals surface area contributed by atoms with Crippen molar-refractivity contribution >= 4 is 28.6 Å². The fraction of sp³-hybridized carbons (Fsp3) is 0.433. The normalized spacial score (nSPS) is 19.0. The Morgan fingerprint density at radius 3 is 2.58 bits per heavy atom. The zero-order chi connectivity index (χ0) is 27.1. The number of urea groups is 1. The van der Waals surface area contributed by atoms with Crippen LogP contribution in [0.2, 0.25) is 0 Å². The summed E-state index contributed by atoms with van der Waals surface area (Å²) in [6.45, 7) is 3.05. The highest BCUT2D eigenvalue weighted by Gasteiger charge is 2.44. The van der Waals surface area contributed by atoms with E-state index in [0.717, 1.165) is 65.9 Å². The van der Waals surface area contributed by atoms with Crippen molar-refractivity contribution in [2.45, 2.75) is 38.3 Å². The molecule has 212 valence electrons. The molecule has 0 aliphatic carbocycles. The predicted octanol–water partition coefficient (Wildman–Crippen LogP) is 0.555. The number of fused-ring (bicyclic) bond motifs is 6. The molecule has 3 aromatic rings. The van der Waals surface area contributed by atoms with E-state index in [-0.39, 0.29) is 30.1 Å². The molecule has 1 atom stereocenters. The van der Waals surface area contributed by atoms with Crippen molar-refractivity contribution in [3.8, 4) is 5.75 Å². The minimum Gasteiger partial charge on any atom is -1.00 e. The van der Waals surface area contributed by atoms with Crippen LogP contribution in [0.5, 0.6) is 5.75 Å². The molecule has 6 rings (SSSR count). The molecule has 40 heavy (non-hydrogen) atoms. The first-order chi connectivity index (χ1) is 18.9. The molecule has 3 amide bonds. The van der Waals surface area contributed by atoms with Gasteiger partial charge in [0.15, 0.2) is 5.78 Å². The molecule has 9 nitrogen and oxygen atoms in total. The van der Waals surface area contributed by atoms with Crippen molar-refractivity contribution in [3.05, 3.63) is 64.8 Å². The summed E-state index contributed by atoms with van der Waals surface area (Å²) in [5.74, 6) is 0.457. The second-order valence-corrected chi connectivity index (χ2v) is 10.7. The van der Waals surface area contributed by atoms with Crippen LogP contribution in [0.1, 0.15) is 52.4 Å². The van der Waals surface area contributed by atoms with E-state index >= 15 is 0 Å². The molecule has 3 aliphatic rings. The third-order valence-corrected chi connectivity index (χ3v) is 8.36. The lowest BCUT2D eigenvalue weighted by atomic mass is 9.89. The molecule has 0 saturated carbocycles. The molecular formula is C30H33ClN3O6-. The number of nitrogens with zero attached hydrogens (tertiary/aromatic N) is 3. The number of aliphatic hydroxyl groups is 1. The molecule has 0 spiro atoms. The Balaban J connectivity index is 0.00000323. The summed E-state index contributed by atoms with van der Waals surface area (Å²) in [6, 6.07) is 13.0. The number of rotatable bonds is 8. The van der Waals surface area contributed by atoms with Gasteiger partial charge in [0.1, 0.15) is 12.4 Å². The van der Waals surface area contributed by atoms with Crippen molar-refractivity contribution in [1.29, 1.82) is 0 Å². The number of ketones is 1. The maximum absolute atomic E-state index is 13.3. The van der Waals surface area contributed by atoms with Gasteiger partial charge >= 0.3 is 6.03 Å². The van der Waals surface area contributed by atoms with E-state index in [1.165, 1.54) is 4.90 Å². The lowest BCUT2D eigenvalue weighted by molar-refractivity contribution is -0.132. The van der Waals surface area contributed by atoms with Gasteiger partial charge in [-0.15, -0.1) is 0 Å². The molecule has 1 N–H and O–H groups in total. The average Bonchev–Trinajstić information content (AvgIpc) is 3.27. The minimum absolute atomic E-state index is 0. The number of ether oxygens (including phenoxy) is 2. The number of carbonyl (C=O) groups excluding carboxylic acids is 3. The number of benzene rings is 2. The highest BCUT2D eigenvalue weighted by Crippen LogP contribution is 2.42. The molecule has 2 saturated heterocycles. The summed E-state index contributed by atoms with van der Waals surface area (Å²) in [4.78, 5) is 40.9. The van der Waals surface area contributed by atoms with Crippen LogP contribution in [0.25, 0.3) is 10.9 Å². The average molecular weight is 567 g/mol. The van der Waals surface area contributed by atoms with E-state index in [1.807, 2.05) is 30.3 Å². The quantitative estimate of drug-likeness (QED) is 0.400. The zero-order valence-corrected chi connectivity index (χ0v) is 23.2. The number of hydrogen-bond donors (Lipinski definition) is 1. The summed E-state index contributed by atoms with van der Waals surface area (Å²) in [7, 11) is 1.55. The lowest BCUT2D eigenvalue weighted by Gasteiger charge is -2.41. The maximum atomic E-state index is 13.3. The number of aliphatic hydroxyl groups excluding tert-OH is 1. The first-order valence-electron chi connectivity index (χ1n) is 13.6. The summed E-state index contributed by atoms with van der Waals surface area (Å²) in [5.41, 5.74) is 4.33. The van der Waals surface area contributed by atoms with Crippen molar-refractivity contribution in [1.82, 2.24) is 14.4 Å². The molecule has 4 heterocycles. The molecular weight excluding hydrogens is 534 g/mol. The fourth-order valence-electron chi connectivity index (χ4n) is 6.14. The third kappa shape index (κ3) is 5.09. The van der Waals surface area contributed by atoms with Gasteiger partial charge in [0.2, 0.25) is 5.91 Å². The van der Waals surface area contributed by atoms with Gasteiger partial charge < -0.3 is 36.5 Å². The molecule has 10 heteroatoms. The van der Waals surface area contributed by atoms with Crippen molar-refractivity contribution in [3.63, 3.8) is 0 Å². The summed E-state index contributed by atoms with van der Waals surface area (Å²) < 4.78 is 13.8. The van der Waals surface area contributed by atoms with Crippen LogP contribution in [-0.4, -0.2) is 77.2 Å². The van der Waals surface area contributed by atoms with Gasteiger partial charge in [-0.3, -0.25) is 14.5 Å². The Morgan fingerprint density at radius 1 is 1.10 bits per heavy atom. The third-order valence-electron chi connectivity index (χ3n) is 8.36. The Morgan fingerprint density at radius 2 is 1.85 bits per heavy atom. The number of hydrogen-bond acceptors (Lipinski definition) is 6. The van der Waals surface area contributed by atoms with E-state index < -0.39 is 12.5 Å². The van der Waals surface area contributed by atoms with Gasteiger partial charge in [0.05, 0.1) is 19.1 Å². The van der Waals surface area contributed by atoms with E-state index in [9.17, 15) is 14.4 Å². The van der Waals surface area contributed by atoms with Crippen LogP contribution >= 0.6 is 0 Å². The van der Waals surface area contributed by atoms with E-state index in [1.54, 1.807) is 24.1 Å². The molecule has 2 aromatic carbocycles. The van der Waals surface area contributed by atoms with Crippen molar-refractivity contribution < 1.29 is 41.4 Å². The van der Waals surface area contributed by atoms with Gasteiger partial charge in [-0.2, -0.15) is 0 Å². The number of halogens is 1. The van der Waals surface area contributed by atoms with Crippen LogP contribution in [0.3, 0.4) is 0 Å². The fourth-order valence-corrected chi connectivity index (χ4v) is 6.14. The highest BCUT2D eigenvalue weighted by atomic mass is 35.5. The molecule has 2 bridgehead atoms. The standard InChI is InChI=1S/C30H33N3O6.ClH/c1-31-29(36)24-16-32(30(31)37)17-26-28(24)23-14-22(39-13-10-19-8-11-38-12-9-19)6-7-25(23)33(26)15-20-2-4-21(5-3-20)27(35)18-34;/h2-7,14,19,24,34H,8-13,15-18H2,1H3;1H/p-1/t24-;/m0./s1. The van der Waals surface area contributed by atoms with Gasteiger partial charge in [0.25, 0.3) is 0 Å². The number of amides is 3. The van der Waals surface area contributed by atoms with Gasteiger partial charge in [0, 0.05) is 55.5 Å². The summed E-state index contributed by atoms with van der Waals surface area (Å²) in [5, 5.41) is 10.1. The molecule has 3 aliphatic heterocycles. The van der Waals surface area contributed by atoms with Crippen LogP contribution in [0.15, 0.2) is 42.5 Å². The number of likely N-dealkylation sites (N-methyl/N-ethyl adjacent to an activating group) is 1. The minimum atomic E-state index is -0.526. The number of Topliss-reactive ketones (excluding diaryl/α,β-unsaturated/α-hetero) is 1. The number of aromatic nitrogens is 1. The van der Waals surface area contributed by atoms with Crippen LogP contribution in [0, 0.1) is 5.92 Å². The lowest BCUT2D eigenvalue weighted by Crippen LogP contribution is -3.00. The van der Waals surface area contributed by atoms with Gasteiger partial charge in [-0.1, -0.05) is 24.3 Å². The first kappa shape index (κ1) is 28.1. The predicted molar refractivity (Wildman–Crippen MR) is 144 cm³/mol. The van der Waals surface area contributed by atoms with Crippen molar-refractivity contribution in [2.24, 2.45) is 5.92 Å². The monoisotopic (exact) mass is 566 g/mol. The highest BCUT2D eigenvalue weighted by molar-refractivity contribution is 6.04. The SMILES string of the molecule is CN1C(=O)[C@H]2CN(Cc3c2c2cc(OCCC4CCOCC4)ccc2n3Cc2ccc(C(=O)CO)cc2)C1=O.[Cl-]. The smallest absolute Gasteiger partial charge is 0.326 e. The molecule has 0 radical (unpaired) electrons. The largest absolute Gasteiger partial charge is 1.00 e. The van der Waals surface area contributed by atoms with Crippen molar-refractivity contribution in [2.75, 3.05) is 40.0 Å². The Bertz CT molecular complexity index is 1430. The second-order valence-electron chi connectivity index (χ2n) is 10.7. The van der Waals surface area contributed by atoms with Crippen LogP contribution in [-0.2, 0) is 22.6 Å². The van der Waals surface area contributed by atoms with Crippen LogP contribution < -0.4 is 17.1 Å².